The molecular weight excluding hydrogens is 652 g/mol. The molecule has 11 nitrogen and oxygen atoms in total. The third-order valence-electron chi connectivity index (χ3n) is 9.20. The van der Waals surface area contributed by atoms with E-state index in [-0.39, 0.29) is 37.2 Å². The first-order valence-electron chi connectivity index (χ1n) is 20.5. The van der Waals surface area contributed by atoms with E-state index in [0.29, 0.717) is 11.5 Å². The standard InChI is InChI=1S/C20H35NO4.C16H32O2.C4H5NO3/c1-2-3-4-5-6-7-8-9-10-11-12-13-14-15-20(24)25-21-18(22)16-17-19(21)23;1-2-3-4-5-6-7-8-9-10-11-12-13-14-15-16(17)18;6-3-1-2-4(7)5(3)8/h2-17H2,1H3;2-15H2,1H3,(H,17,18);8H,1-2H2. The first-order valence-corrected chi connectivity index (χ1v) is 20.5. The topological polar surface area (TPSA) is 159 Å². The summed E-state index contributed by atoms with van der Waals surface area (Å²) in [6.45, 7) is 4.51. The molecule has 0 atom stereocenters. The molecule has 0 saturated carbocycles. The van der Waals surface area contributed by atoms with Gasteiger partial charge in [-0.2, -0.15) is 5.06 Å². The molecule has 0 spiro atoms. The van der Waals surface area contributed by atoms with Gasteiger partial charge in [0.2, 0.25) is 0 Å². The Morgan fingerprint density at radius 2 is 0.745 bits per heavy atom. The van der Waals surface area contributed by atoms with Gasteiger partial charge in [0.15, 0.2) is 0 Å². The average molecular weight is 725 g/mol. The van der Waals surface area contributed by atoms with Crippen LogP contribution in [0.15, 0.2) is 0 Å². The number of carbonyl (C=O) groups excluding carboxylic acids is 5. The Morgan fingerprint density at radius 3 is 1.02 bits per heavy atom. The zero-order chi connectivity index (χ0) is 38.0. The SMILES string of the molecule is CCCCCCCCCCCCCCCC(=O)O.CCCCCCCCCCCCCCCC(=O)ON1C(=O)CCC1=O.O=C1CCC(=O)N1O. The van der Waals surface area contributed by atoms with Crippen molar-refractivity contribution < 1.29 is 43.9 Å². The molecule has 296 valence electrons. The second kappa shape index (κ2) is 34.3. The normalized spacial score (nSPS) is 14.0. The number of carboxylic acid groups (broad SMARTS) is 1. The van der Waals surface area contributed by atoms with E-state index in [1.54, 1.807) is 0 Å². The van der Waals surface area contributed by atoms with Crippen molar-refractivity contribution in [2.24, 2.45) is 0 Å². The van der Waals surface area contributed by atoms with Crippen LogP contribution in [0, 0.1) is 0 Å². The Labute approximate surface area is 308 Å². The Kier molecular flexibility index (Phi) is 32.4. The number of carbonyl (C=O) groups is 6. The Morgan fingerprint density at radius 1 is 0.471 bits per heavy atom. The predicted octanol–water partition coefficient (Wildman–Crippen LogP) is 10.2. The summed E-state index contributed by atoms with van der Waals surface area (Å²) in [6, 6.07) is 0. The molecule has 0 radical (unpaired) electrons. The Bertz CT molecular complexity index is 924. The summed E-state index contributed by atoms with van der Waals surface area (Å²) < 4.78 is 0. The van der Waals surface area contributed by atoms with Gasteiger partial charge < -0.3 is 9.94 Å². The quantitative estimate of drug-likeness (QED) is 0.0435. The third-order valence-corrected chi connectivity index (χ3v) is 9.20. The van der Waals surface area contributed by atoms with E-state index < -0.39 is 35.6 Å². The number of hydroxylamine groups is 4. The number of rotatable bonds is 29. The van der Waals surface area contributed by atoms with Crippen LogP contribution in [0.25, 0.3) is 0 Å². The lowest BCUT2D eigenvalue weighted by Gasteiger charge is -2.12. The lowest BCUT2D eigenvalue weighted by Crippen LogP contribution is -2.31. The van der Waals surface area contributed by atoms with Crippen molar-refractivity contribution in [3.63, 3.8) is 0 Å². The van der Waals surface area contributed by atoms with Crippen molar-refractivity contribution >= 4 is 35.6 Å². The number of carboxylic acids is 1. The van der Waals surface area contributed by atoms with E-state index in [1.165, 1.54) is 135 Å². The number of nitrogens with zero attached hydrogens (tertiary/aromatic N) is 2. The first-order chi connectivity index (χ1) is 24.6. The van der Waals surface area contributed by atoms with Crippen molar-refractivity contribution in [3.8, 4) is 0 Å². The lowest BCUT2D eigenvalue weighted by atomic mass is 10.0. The van der Waals surface area contributed by atoms with Crippen LogP contribution in [-0.2, 0) is 33.6 Å². The van der Waals surface area contributed by atoms with E-state index in [4.69, 9.17) is 15.2 Å². The van der Waals surface area contributed by atoms with Crippen LogP contribution in [0.1, 0.15) is 219 Å². The van der Waals surface area contributed by atoms with Crippen LogP contribution in [-0.4, -0.2) is 56.0 Å². The zero-order valence-electron chi connectivity index (χ0n) is 32.3. The number of unbranched alkanes of at least 4 members (excludes halogenated alkanes) is 24. The maximum atomic E-state index is 11.6. The van der Waals surface area contributed by atoms with Crippen molar-refractivity contribution in [1.29, 1.82) is 0 Å². The highest BCUT2D eigenvalue weighted by Gasteiger charge is 2.32. The maximum absolute atomic E-state index is 11.6. The second-order valence-electron chi connectivity index (χ2n) is 14.0. The summed E-state index contributed by atoms with van der Waals surface area (Å²) in [5.74, 6) is -2.97. The molecule has 0 aromatic heterocycles. The van der Waals surface area contributed by atoms with Crippen LogP contribution in [0.5, 0.6) is 0 Å². The summed E-state index contributed by atoms with van der Waals surface area (Å²) in [5, 5.41) is 17.7. The maximum Gasteiger partial charge on any atom is 0.333 e. The molecule has 0 bridgehead atoms. The van der Waals surface area contributed by atoms with Gasteiger partial charge in [-0.05, 0) is 12.8 Å². The number of hydrogen-bond acceptors (Lipinski definition) is 8. The predicted molar refractivity (Wildman–Crippen MR) is 198 cm³/mol. The molecule has 2 aliphatic rings. The molecule has 0 aromatic carbocycles. The smallest absolute Gasteiger partial charge is 0.333 e. The number of amides is 4. The van der Waals surface area contributed by atoms with Gasteiger partial charge in [-0.25, -0.2) is 4.79 Å². The fraction of sp³-hybridized carbons (Fsp3) is 0.850. The van der Waals surface area contributed by atoms with Crippen molar-refractivity contribution in [2.75, 3.05) is 0 Å². The minimum absolute atomic E-state index is 0.144. The monoisotopic (exact) mass is 725 g/mol. The highest BCUT2D eigenvalue weighted by molar-refractivity contribution is 6.01. The van der Waals surface area contributed by atoms with E-state index in [1.807, 2.05) is 0 Å². The van der Waals surface area contributed by atoms with Crippen LogP contribution < -0.4 is 0 Å². The zero-order valence-corrected chi connectivity index (χ0v) is 32.3. The van der Waals surface area contributed by atoms with Crippen molar-refractivity contribution in [3.05, 3.63) is 0 Å². The summed E-state index contributed by atoms with van der Waals surface area (Å²) >= 11 is 0. The molecule has 2 saturated heterocycles. The average Bonchev–Trinajstić information content (AvgIpc) is 3.58. The van der Waals surface area contributed by atoms with Gasteiger partial charge in [0.05, 0.1) is 0 Å². The van der Waals surface area contributed by atoms with Gasteiger partial charge in [0.1, 0.15) is 0 Å². The lowest BCUT2D eigenvalue weighted by molar-refractivity contribution is -0.197. The van der Waals surface area contributed by atoms with Crippen molar-refractivity contribution in [1.82, 2.24) is 10.1 Å². The highest BCUT2D eigenvalue weighted by atomic mass is 16.7. The molecule has 11 heteroatoms. The molecular formula is C40H72N2O9. The second-order valence-corrected chi connectivity index (χ2v) is 14.0. The van der Waals surface area contributed by atoms with E-state index in [9.17, 15) is 28.8 Å². The summed E-state index contributed by atoms with van der Waals surface area (Å²) in [6.07, 6.45) is 34.4. The van der Waals surface area contributed by atoms with Gasteiger partial charge >= 0.3 is 11.9 Å². The Hall–Kier alpha value is -2.82. The molecule has 4 amide bonds. The number of imide groups is 2. The van der Waals surface area contributed by atoms with E-state index >= 15 is 0 Å². The Balaban J connectivity index is 0.000000831. The number of aliphatic carboxylic acids is 1. The largest absolute Gasteiger partial charge is 0.481 e. The van der Waals surface area contributed by atoms with Crippen LogP contribution >= 0.6 is 0 Å². The first kappa shape index (κ1) is 48.2. The fourth-order valence-electron chi connectivity index (χ4n) is 5.95. The van der Waals surface area contributed by atoms with E-state index in [0.717, 1.165) is 32.1 Å². The molecule has 2 N–H and O–H groups in total. The molecule has 2 fully saturated rings. The number of hydrogen-bond donors (Lipinski definition) is 2. The van der Waals surface area contributed by atoms with Crippen LogP contribution in [0.4, 0.5) is 0 Å². The van der Waals surface area contributed by atoms with Crippen LogP contribution in [0.2, 0.25) is 0 Å². The van der Waals surface area contributed by atoms with E-state index in [2.05, 4.69) is 13.8 Å². The summed E-state index contributed by atoms with van der Waals surface area (Å²) in [7, 11) is 0. The van der Waals surface area contributed by atoms with Crippen molar-refractivity contribution in [2.45, 2.75) is 219 Å². The minimum atomic E-state index is -0.655. The van der Waals surface area contributed by atoms with Crippen LogP contribution in [0.3, 0.4) is 0 Å². The minimum Gasteiger partial charge on any atom is -0.481 e. The summed E-state index contributed by atoms with van der Waals surface area (Å²) in [5.41, 5.74) is 0. The highest BCUT2D eigenvalue weighted by Crippen LogP contribution is 2.16. The van der Waals surface area contributed by atoms with Gasteiger partial charge in [-0.3, -0.25) is 29.2 Å². The molecule has 2 aliphatic heterocycles. The molecule has 51 heavy (non-hydrogen) atoms. The molecule has 0 aromatic rings. The molecule has 0 unspecified atom stereocenters. The van der Waals surface area contributed by atoms with Gasteiger partial charge in [-0.1, -0.05) is 168 Å². The van der Waals surface area contributed by atoms with Gasteiger partial charge in [-0.15, -0.1) is 5.06 Å². The molecule has 2 rings (SSSR count). The third kappa shape index (κ3) is 29.5. The molecule has 0 aliphatic carbocycles. The molecule has 2 heterocycles. The fourth-order valence-corrected chi connectivity index (χ4v) is 5.95. The van der Waals surface area contributed by atoms with Gasteiger partial charge in [0.25, 0.3) is 23.6 Å². The van der Waals surface area contributed by atoms with Gasteiger partial charge in [0, 0.05) is 38.5 Å². The summed E-state index contributed by atoms with van der Waals surface area (Å²) in [4.78, 5) is 69.9.